The molecule has 0 aliphatic rings. The number of nitrogens with zero attached hydrogens (tertiary/aromatic N) is 1. The van der Waals surface area contributed by atoms with Crippen molar-refractivity contribution >= 4 is 23.4 Å². The third kappa shape index (κ3) is 4.94. The summed E-state index contributed by atoms with van der Waals surface area (Å²) in [6.45, 7) is 1.86. The number of Topliss-reactive ketones (excluding diaryl/α,β-unsaturated/α-hetero) is 1. The van der Waals surface area contributed by atoms with Gasteiger partial charge in [-0.2, -0.15) is 0 Å². The third-order valence-electron chi connectivity index (χ3n) is 2.45. The monoisotopic (exact) mass is 250 g/mol. The Bertz CT molecular complexity index is 260. The van der Waals surface area contributed by atoms with Gasteiger partial charge in [0.2, 0.25) is 0 Å². The molecular formula is C11H21ClNO3+. The lowest BCUT2D eigenvalue weighted by Crippen LogP contribution is -2.44. The molecule has 94 valence electrons. The summed E-state index contributed by atoms with van der Waals surface area (Å²) in [5, 5.41) is 9.00. The average molecular weight is 251 g/mol. The Kier molecular flexibility index (Phi) is 5.97. The van der Waals surface area contributed by atoms with Gasteiger partial charge >= 0.3 is 5.97 Å². The quantitative estimate of drug-likeness (QED) is 0.324. The number of carbonyl (C=O) groups is 2. The van der Waals surface area contributed by atoms with Crippen LogP contribution in [0.1, 0.15) is 26.2 Å². The van der Waals surface area contributed by atoms with Gasteiger partial charge in [0.1, 0.15) is 11.7 Å². The zero-order chi connectivity index (χ0) is 12.9. The van der Waals surface area contributed by atoms with E-state index >= 15 is 0 Å². The molecule has 0 saturated carbocycles. The van der Waals surface area contributed by atoms with Crippen molar-refractivity contribution in [2.75, 3.05) is 21.1 Å². The van der Waals surface area contributed by atoms with E-state index in [1.165, 1.54) is 0 Å². The summed E-state index contributed by atoms with van der Waals surface area (Å²) in [5.41, 5.74) is -0.373. The minimum Gasteiger partial charge on any atom is -0.481 e. The van der Waals surface area contributed by atoms with E-state index in [0.717, 1.165) is 0 Å². The fraction of sp³-hybridized carbons (Fsp3) is 0.818. The van der Waals surface area contributed by atoms with Crippen LogP contribution in [0.2, 0.25) is 0 Å². The second kappa shape index (κ2) is 6.21. The summed E-state index contributed by atoms with van der Waals surface area (Å²) in [6, 6.07) is 0. The first-order chi connectivity index (χ1) is 7.20. The van der Waals surface area contributed by atoms with E-state index in [4.69, 9.17) is 16.7 Å². The van der Waals surface area contributed by atoms with Gasteiger partial charge in [-0.25, -0.2) is 0 Å². The van der Waals surface area contributed by atoms with E-state index < -0.39 is 11.9 Å². The normalized spacial score (nSPS) is 15.6. The predicted octanol–water partition coefficient (Wildman–Crippen LogP) is 1.72. The van der Waals surface area contributed by atoms with Crippen LogP contribution >= 0.6 is 11.6 Å². The zero-order valence-electron chi connectivity index (χ0n) is 10.4. The van der Waals surface area contributed by atoms with Gasteiger partial charge in [-0.15, -0.1) is 0 Å². The number of quaternary nitrogens is 1. The summed E-state index contributed by atoms with van der Waals surface area (Å²) < 4.78 is 0.435. The van der Waals surface area contributed by atoms with Crippen molar-refractivity contribution < 1.29 is 19.2 Å². The SMILES string of the molecule is CCCC(=O)C(CC(Cl)[N+](C)(C)C)C(=O)O. The molecule has 16 heavy (non-hydrogen) atoms. The van der Waals surface area contributed by atoms with Crippen LogP contribution in [-0.2, 0) is 9.59 Å². The van der Waals surface area contributed by atoms with Gasteiger partial charge in [0.25, 0.3) is 0 Å². The van der Waals surface area contributed by atoms with E-state index in [2.05, 4.69) is 0 Å². The smallest absolute Gasteiger partial charge is 0.314 e. The predicted molar refractivity (Wildman–Crippen MR) is 63.3 cm³/mol. The molecule has 0 aliphatic carbocycles. The lowest BCUT2D eigenvalue weighted by Gasteiger charge is -2.30. The van der Waals surface area contributed by atoms with E-state index in [-0.39, 0.29) is 17.7 Å². The Morgan fingerprint density at radius 1 is 1.31 bits per heavy atom. The number of alkyl halides is 1. The van der Waals surface area contributed by atoms with Gasteiger partial charge in [0.05, 0.1) is 21.1 Å². The molecule has 0 aromatic carbocycles. The molecule has 0 rings (SSSR count). The first kappa shape index (κ1) is 15.4. The Morgan fingerprint density at radius 3 is 2.12 bits per heavy atom. The molecule has 0 saturated heterocycles. The van der Waals surface area contributed by atoms with Gasteiger partial charge in [0.15, 0.2) is 5.50 Å². The molecule has 0 spiro atoms. The summed E-state index contributed by atoms with van der Waals surface area (Å²) in [4.78, 5) is 22.6. The average Bonchev–Trinajstić information content (AvgIpc) is 2.11. The minimum absolute atomic E-state index is 0.180. The number of ketones is 1. The maximum absolute atomic E-state index is 11.6. The Labute approximate surface area is 102 Å². The molecule has 0 amide bonds. The molecule has 0 heterocycles. The number of halogens is 1. The standard InChI is InChI=1S/C11H20ClNO3/c1-5-6-9(14)8(11(15)16)7-10(12)13(2,3)4/h8,10H,5-7H2,1-4H3/p+1. The first-order valence-corrected chi connectivity index (χ1v) is 5.84. The van der Waals surface area contributed by atoms with Crippen LogP contribution < -0.4 is 0 Å². The highest BCUT2D eigenvalue weighted by molar-refractivity contribution is 6.20. The van der Waals surface area contributed by atoms with Crippen molar-refractivity contribution in [3.05, 3.63) is 0 Å². The summed E-state index contributed by atoms with van der Waals surface area (Å²) >= 11 is 6.10. The van der Waals surface area contributed by atoms with Crippen LogP contribution in [0, 0.1) is 5.92 Å². The molecule has 0 aliphatic heterocycles. The Hall–Kier alpha value is -0.610. The fourth-order valence-electron chi connectivity index (χ4n) is 1.30. The molecular weight excluding hydrogens is 230 g/mol. The minimum atomic E-state index is -1.07. The second-order valence-corrected chi connectivity index (χ2v) is 5.40. The number of hydrogen-bond donors (Lipinski definition) is 1. The lowest BCUT2D eigenvalue weighted by atomic mass is 9.96. The number of aliphatic carboxylic acids is 1. The number of rotatable bonds is 7. The van der Waals surface area contributed by atoms with E-state index in [9.17, 15) is 9.59 Å². The first-order valence-electron chi connectivity index (χ1n) is 5.40. The van der Waals surface area contributed by atoms with Gasteiger partial charge in [0, 0.05) is 12.8 Å². The highest BCUT2D eigenvalue weighted by Crippen LogP contribution is 2.20. The molecule has 2 unspecified atom stereocenters. The molecule has 1 N–H and O–H groups in total. The third-order valence-corrected chi connectivity index (χ3v) is 3.22. The molecule has 0 bridgehead atoms. The van der Waals surface area contributed by atoms with Gasteiger partial charge in [-0.1, -0.05) is 18.5 Å². The number of carboxylic acid groups (broad SMARTS) is 1. The zero-order valence-corrected chi connectivity index (χ0v) is 11.1. The largest absolute Gasteiger partial charge is 0.481 e. The maximum Gasteiger partial charge on any atom is 0.314 e. The molecule has 0 radical (unpaired) electrons. The number of carbonyl (C=O) groups excluding carboxylic acids is 1. The lowest BCUT2D eigenvalue weighted by molar-refractivity contribution is -0.883. The van der Waals surface area contributed by atoms with Crippen LogP contribution in [0.5, 0.6) is 0 Å². The van der Waals surface area contributed by atoms with Crippen LogP contribution in [0.15, 0.2) is 0 Å². The molecule has 2 atom stereocenters. The number of carboxylic acids is 1. The molecule has 5 heteroatoms. The van der Waals surface area contributed by atoms with Crippen molar-refractivity contribution in [3.8, 4) is 0 Å². The summed E-state index contributed by atoms with van der Waals surface area (Å²) in [7, 11) is 5.63. The van der Waals surface area contributed by atoms with E-state index in [1.807, 2.05) is 28.1 Å². The van der Waals surface area contributed by atoms with Crippen LogP contribution in [0.4, 0.5) is 0 Å². The van der Waals surface area contributed by atoms with E-state index in [1.54, 1.807) is 0 Å². The van der Waals surface area contributed by atoms with Crippen LogP contribution in [0.3, 0.4) is 0 Å². The topological polar surface area (TPSA) is 54.4 Å². The Morgan fingerprint density at radius 2 is 1.81 bits per heavy atom. The maximum atomic E-state index is 11.6. The Balaban J connectivity index is 4.58. The second-order valence-electron chi connectivity index (χ2n) is 4.89. The highest BCUT2D eigenvalue weighted by Gasteiger charge is 2.33. The van der Waals surface area contributed by atoms with Crippen LogP contribution in [-0.4, -0.2) is 48.0 Å². The van der Waals surface area contributed by atoms with Crippen LogP contribution in [0.25, 0.3) is 0 Å². The molecule has 0 aromatic rings. The van der Waals surface area contributed by atoms with Gasteiger partial charge < -0.3 is 9.59 Å². The van der Waals surface area contributed by atoms with Crippen molar-refractivity contribution in [1.29, 1.82) is 0 Å². The van der Waals surface area contributed by atoms with Crippen molar-refractivity contribution in [2.45, 2.75) is 31.7 Å². The molecule has 0 aromatic heterocycles. The van der Waals surface area contributed by atoms with Crippen molar-refractivity contribution in [3.63, 3.8) is 0 Å². The van der Waals surface area contributed by atoms with Gasteiger partial charge in [-0.05, 0) is 6.42 Å². The fourth-order valence-corrected chi connectivity index (χ4v) is 1.48. The molecule has 4 nitrogen and oxygen atoms in total. The van der Waals surface area contributed by atoms with Gasteiger partial charge in [-0.3, -0.25) is 9.59 Å². The summed E-state index contributed by atoms with van der Waals surface area (Å²) in [6.07, 6.45) is 1.15. The number of hydrogen-bond acceptors (Lipinski definition) is 2. The molecule has 0 fully saturated rings. The van der Waals surface area contributed by atoms with Crippen molar-refractivity contribution in [1.82, 2.24) is 0 Å². The van der Waals surface area contributed by atoms with Crippen molar-refractivity contribution in [2.24, 2.45) is 5.92 Å². The van der Waals surface area contributed by atoms with E-state index in [0.29, 0.717) is 17.3 Å². The summed E-state index contributed by atoms with van der Waals surface area (Å²) in [5.74, 6) is -2.27. The highest BCUT2D eigenvalue weighted by atomic mass is 35.5.